The van der Waals surface area contributed by atoms with Crippen LogP contribution >= 0.6 is 11.8 Å². The number of anilines is 1. The molecule has 0 saturated carbocycles. The van der Waals surface area contributed by atoms with E-state index in [-0.39, 0.29) is 11.7 Å². The van der Waals surface area contributed by atoms with Crippen molar-refractivity contribution in [3.05, 3.63) is 84.4 Å². The van der Waals surface area contributed by atoms with Crippen molar-refractivity contribution in [2.24, 2.45) is 0 Å². The van der Waals surface area contributed by atoms with Crippen LogP contribution in [0.15, 0.2) is 84.0 Å². The molecular weight excluding hydrogens is 515 g/mol. The molecule has 2 heterocycles. The summed E-state index contributed by atoms with van der Waals surface area (Å²) in [4.78, 5) is 17.7. The standard InChI is InChI=1S/C27H22F3N5O2S/c1-2-22(25(36)31-18-12-14-19(15-13-18)37-27(28,29)30)38-26-32-24-23(33-34-26)20-10-6-7-11-21(20)35(24)16-17-8-4-3-5-9-17/h3-15,22H,2,16H2,1H3,(H,31,36)/t22-/m1/s1. The zero-order valence-corrected chi connectivity index (χ0v) is 21.0. The highest BCUT2D eigenvalue weighted by molar-refractivity contribution is 8.00. The molecule has 0 spiro atoms. The van der Waals surface area contributed by atoms with Gasteiger partial charge in [-0.15, -0.1) is 23.4 Å². The van der Waals surface area contributed by atoms with Crippen molar-refractivity contribution < 1.29 is 22.7 Å². The molecule has 0 fully saturated rings. The Morgan fingerprint density at radius 1 is 1.00 bits per heavy atom. The van der Waals surface area contributed by atoms with Gasteiger partial charge in [0.1, 0.15) is 11.3 Å². The van der Waals surface area contributed by atoms with Crippen LogP contribution in [0.4, 0.5) is 18.9 Å². The number of alkyl halides is 3. The molecule has 0 saturated heterocycles. The van der Waals surface area contributed by atoms with Crippen LogP contribution in [0, 0.1) is 0 Å². The molecule has 194 valence electrons. The highest BCUT2D eigenvalue weighted by atomic mass is 32.2. The van der Waals surface area contributed by atoms with Gasteiger partial charge in [-0.25, -0.2) is 4.98 Å². The summed E-state index contributed by atoms with van der Waals surface area (Å²) in [6.07, 6.45) is -4.31. The minimum Gasteiger partial charge on any atom is -0.406 e. The van der Waals surface area contributed by atoms with Crippen molar-refractivity contribution in [2.75, 3.05) is 5.32 Å². The summed E-state index contributed by atoms with van der Waals surface area (Å²) < 4.78 is 43.1. The van der Waals surface area contributed by atoms with Gasteiger partial charge in [0.05, 0.1) is 10.8 Å². The monoisotopic (exact) mass is 537 g/mol. The van der Waals surface area contributed by atoms with Gasteiger partial charge in [-0.1, -0.05) is 67.2 Å². The van der Waals surface area contributed by atoms with Crippen molar-refractivity contribution in [2.45, 2.75) is 36.7 Å². The minimum atomic E-state index is -4.78. The first-order valence-electron chi connectivity index (χ1n) is 11.8. The minimum absolute atomic E-state index is 0.324. The highest BCUT2D eigenvalue weighted by Gasteiger charge is 2.31. The fourth-order valence-corrected chi connectivity index (χ4v) is 4.89. The lowest BCUT2D eigenvalue weighted by Gasteiger charge is -2.14. The number of benzene rings is 3. The van der Waals surface area contributed by atoms with Gasteiger partial charge >= 0.3 is 6.36 Å². The molecule has 38 heavy (non-hydrogen) atoms. The number of amides is 1. The van der Waals surface area contributed by atoms with Gasteiger partial charge in [0, 0.05) is 17.6 Å². The number of aromatic nitrogens is 4. The number of nitrogens with zero attached hydrogens (tertiary/aromatic N) is 4. The smallest absolute Gasteiger partial charge is 0.406 e. The van der Waals surface area contributed by atoms with Crippen molar-refractivity contribution in [3.8, 4) is 5.75 Å². The average Bonchev–Trinajstić information content (AvgIpc) is 3.21. The Labute approximate surface area is 220 Å². The van der Waals surface area contributed by atoms with E-state index in [0.717, 1.165) is 28.6 Å². The van der Waals surface area contributed by atoms with Crippen LogP contribution < -0.4 is 10.1 Å². The van der Waals surface area contributed by atoms with Gasteiger partial charge in [0.15, 0.2) is 5.65 Å². The number of hydrogen-bond acceptors (Lipinski definition) is 6. The molecule has 1 atom stereocenters. The fraction of sp³-hybridized carbons (Fsp3) is 0.185. The number of rotatable bonds is 8. The van der Waals surface area contributed by atoms with Crippen molar-refractivity contribution in [3.63, 3.8) is 0 Å². The molecule has 0 aliphatic rings. The van der Waals surface area contributed by atoms with Crippen LogP contribution in [0.25, 0.3) is 22.1 Å². The van der Waals surface area contributed by atoms with Crippen LogP contribution in [0.3, 0.4) is 0 Å². The van der Waals surface area contributed by atoms with E-state index in [4.69, 9.17) is 4.98 Å². The first-order chi connectivity index (χ1) is 18.3. The van der Waals surface area contributed by atoms with Gasteiger partial charge in [-0.05, 0) is 42.3 Å². The molecule has 2 aromatic heterocycles. The zero-order valence-electron chi connectivity index (χ0n) is 20.1. The molecule has 0 aliphatic heterocycles. The molecule has 3 aromatic carbocycles. The second-order valence-electron chi connectivity index (χ2n) is 8.43. The van der Waals surface area contributed by atoms with Crippen LogP contribution in [0.5, 0.6) is 5.75 Å². The molecule has 0 radical (unpaired) electrons. The topological polar surface area (TPSA) is 81.9 Å². The molecule has 5 aromatic rings. The molecule has 1 amide bonds. The molecular formula is C27H22F3N5O2S. The van der Waals surface area contributed by atoms with Crippen LogP contribution in [0.1, 0.15) is 18.9 Å². The SMILES string of the molecule is CC[C@@H](Sc1nnc2c3ccccc3n(Cc3ccccc3)c2n1)C(=O)Nc1ccc(OC(F)(F)F)cc1. The number of ether oxygens (including phenoxy) is 1. The molecule has 0 bridgehead atoms. The number of para-hydroxylation sites is 1. The largest absolute Gasteiger partial charge is 0.573 e. The summed E-state index contributed by atoms with van der Waals surface area (Å²) in [5.41, 5.74) is 3.79. The highest BCUT2D eigenvalue weighted by Crippen LogP contribution is 2.30. The second-order valence-corrected chi connectivity index (χ2v) is 9.60. The van der Waals surface area contributed by atoms with E-state index in [1.165, 1.54) is 23.9 Å². The summed E-state index contributed by atoms with van der Waals surface area (Å²) in [6, 6.07) is 22.9. The number of carbonyl (C=O) groups excluding carboxylic acids is 1. The van der Waals surface area contributed by atoms with Crippen molar-refractivity contribution in [1.29, 1.82) is 0 Å². The lowest BCUT2D eigenvalue weighted by Crippen LogP contribution is -2.25. The third-order valence-corrected chi connectivity index (χ3v) is 7.02. The molecule has 0 unspecified atom stereocenters. The van der Waals surface area contributed by atoms with E-state index < -0.39 is 11.6 Å². The predicted molar refractivity (Wildman–Crippen MR) is 140 cm³/mol. The Balaban J connectivity index is 1.38. The summed E-state index contributed by atoms with van der Waals surface area (Å²) in [5.74, 6) is -0.689. The average molecular weight is 538 g/mol. The Bertz CT molecular complexity index is 1570. The van der Waals surface area contributed by atoms with Gasteiger partial charge < -0.3 is 14.6 Å². The number of halogens is 3. The van der Waals surface area contributed by atoms with E-state index in [9.17, 15) is 18.0 Å². The van der Waals surface area contributed by atoms with E-state index in [0.29, 0.717) is 35.0 Å². The summed E-state index contributed by atoms with van der Waals surface area (Å²) >= 11 is 1.18. The number of carbonyl (C=O) groups is 1. The molecule has 7 nitrogen and oxygen atoms in total. The van der Waals surface area contributed by atoms with Gasteiger partial charge in [-0.2, -0.15) is 0 Å². The van der Waals surface area contributed by atoms with E-state index in [1.54, 1.807) is 0 Å². The third-order valence-electron chi connectivity index (χ3n) is 5.80. The maximum absolute atomic E-state index is 12.9. The number of hydrogen-bond donors (Lipinski definition) is 1. The predicted octanol–water partition coefficient (Wildman–Crippen LogP) is 6.44. The Kier molecular flexibility index (Phi) is 7.19. The maximum atomic E-state index is 12.9. The van der Waals surface area contributed by atoms with Crippen molar-refractivity contribution >= 4 is 45.4 Å². The third kappa shape index (κ3) is 5.72. The van der Waals surface area contributed by atoms with E-state index in [1.807, 2.05) is 61.5 Å². The Hall–Kier alpha value is -4.12. The normalized spacial score (nSPS) is 12.5. The lowest BCUT2D eigenvalue weighted by molar-refractivity contribution is -0.274. The van der Waals surface area contributed by atoms with Gasteiger partial charge in [0.25, 0.3) is 0 Å². The summed E-state index contributed by atoms with van der Waals surface area (Å²) in [7, 11) is 0. The molecule has 0 aliphatic carbocycles. The van der Waals surface area contributed by atoms with Crippen molar-refractivity contribution in [1.82, 2.24) is 19.7 Å². The first-order valence-corrected chi connectivity index (χ1v) is 12.7. The fourth-order valence-electron chi connectivity index (χ4n) is 4.08. The second kappa shape index (κ2) is 10.7. The van der Waals surface area contributed by atoms with E-state index in [2.05, 4.69) is 24.8 Å². The molecule has 1 N–H and O–H groups in total. The number of fused-ring (bicyclic) bond motifs is 3. The molecule has 11 heteroatoms. The van der Waals surface area contributed by atoms with Crippen LogP contribution in [-0.4, -0.2) is 37.3 Å². The zero-order chi connectivity index (χ0) is 26.7. The van der Waals surface area contributed by atoms with Crippen LogP contribution in [0.2, 0.25) is 0 Å². The van der Waals surface area contributed by atoms with Gasteiger partial charge in [-0.3, -0.25) is 4.79 Å². The summed E-state index contributed by atoms with van der Waals surface area (Å²) in [6.45, 7) is 2.45. The first kappa shape index (κ1) is 25.5. The lowest BCUT2D eigenvalue weighted by atomic mass is 10.2. The quantitative estimate of drug-likeness (QED) is 0.230. The summed E-state index contributed by atoms with van der Waals surface area (Å²) in [5, 5.41) is 12.2. The number of thioether (sulfide) groups is 1. The number of nitrogens with one attached hydrogen (secondary N) is 1. The Morgan fingerprint density at radius 3 is 2.42 bits per heavy atom. The molecule has 5 rings (SSSR count). The maximum Gasteiger partial charge on any atom is 0.573 e. The van der Waals surface area contributed by atoms with Crippen LogP contribution in [-0.2, 0) is 11.3 Å². The Morgan fingerprint density at radius 2 is 1.71 bits per heavy atom. The van der Waals surface area contributed by atoms with Gasteiger partial charge in [0.2, 0.25) is 11.1 Å². The van der Waals surface area contributed by atoms with E-state index >= 15 is 0 Å².